The fourth-order valence-corrected chi connectivity index (χ4v) is 2.39. The maximum atomic E-state index is 11.8. The van der Waals surface area contributed by atoms with Crippen LogP contribution in [0.25, 0.3) is 0 Å². The molecule has 128 valence electrons. The monoisotopic (exact) mass is 347 g/mol. The van der Waals surface area contributed by atoms with Crippen molar-refractivity contribution in [2.45, 2.75) is 19.8 Å². The first-order valence-electron chi connectivity index (χ1n) is 7.93. The minimum Gasteiger partial charge on any atom is -0.491 e. The van der Waals surface area contributed by atoms with Gasteiger partial charge in [0.2, 0.25) is 0 Å². The number of carbonyl (C=O) groups excluding carboxylic acids is 1. The third kappa shape index (κ3) is 5.46. The highest BCUT2D eigenvalue weighted by atomic mass is 35.5. The van der Waals surface area contributed by atoms with Crippen molar-refractivity contribution in [3.8, 4) is 11.5 Å². The number of amides is 1. The molecule has 4 nitrogen and oxygen atoms in total. The van der Waals surface area contributed by atoms with Crippen LogP contribution in [0.4, 0.5) is 0 Å². The summed E-state index contributed by atoms with van der Waals surface area (Å²) in [6, 6.07) is 15.0. The quantitative estimate of drug-likeness (QED) is 0.733. The van der Waals surface area contributed by atoms with Crippen LogP contribution in [0.3, 0.4) is 0 Å². The first-order chi connectivity index (χ1) is 11.6. The second-order valence-corrected chi connectivity index (χ2v) is 6.02. The lowest BCUT2D eigenvalue weighted by Crippen LogP contribution is -2.32. The molecule has 0 saturated carbocycles. The lowest BCUT2D eigenvalue weighted by molar-refractivity contribution is -0.123. The molecule has 0 radical (unpaired) electrons. The lowest BCUT2D eigenvalue weighted by Gasteiger charge is -2.14. The SMILES string of the molecule is CC(C)c1ccccc1OCCNC(=O)COc1ccccc1Cl. The van der Waals surface area contributed by atoms with Gasteiger partial charge in [-0.1, -0.05) is 55.8 Å². The molecule has 0 atom stereocenters. The number of carbonyl (C=O) groups is 1. The molecule has 0 aromatic heterocycles. The van der Waals surface area contributed by atoms with E-state index in [9.17, 15) is 4.79 Å². The number of para-hydroxylation sites is 2. The number of nitrogens with one attached hydrogen (secondary N) is 1. The van der Waals surface area contributed by atoms with Crippen LogP contribution in [-0.4, -0.2) is 25.7 Å². The van der Waals surface area contributed by atoms with E-state index in [4.69, 9.17) is 21.1 Å². The third-order valence-electron chi connectivity index (χ3n) is 3.42. The molecule has 0 bridgehead atoms. The van der Waals surface area contributed by atoms with Gasteiger partial charge in [-0.15, -0.1) is 0 Å². The van der Waals surface area contributed by atoms with Crippen molar-refractivity contribution < 1.29 is 14.3 Å². The van der Waals surface area contributed by atoms with Gasteiger partial charge in [-0.05, 0) is 29.7 Å². The Morgan fingerprint density at radius 2 is 1.71 bits per heavy atom. The van der Waals surface area contributed by atoms with Crippen LogP contribution in [0, 0.1) is 0 Å². The van der Waals surface area contributed by atoms with Gasteiger partial charge in [0.15, 0.2) is 6.61 Å². The zero-order chi connectivity index (χ0) is 17.4. The van der Waals surface area contributed by atoms with Gasteiger partial charge in [-0.3, -0.25) is 4.79 Å². The molecule has 0 saturated heterocycles. The van der Waals surface area contributed by atoms with Crippen LogP contribution in [0.15, 0.2) is 48.5 Å². The summed E-state index contributed by atoms with van der Waals surface area (Å²) in [5.74, 6) is 1.53. The van der Waals surface area contributed by atoms with Crippen LogP contribution in [-0.2, 0) is 4.79 Å². The van der Waals surface area contributed by atoms with Crippen molar-refractivity contribution in [3.63, 3.8) is 0 Å². The molecule has 0 heterocycles. The molecule has 0 spiro atoms. The molecule has 5 heteroatoms. The van der Waals surface area contributed by atoms with Gasteiger partial charge < -0.3 is 14.8 Å². The molecule has 0 aliphatic rings. The molecule has 1 N–H and O–H groups in total. The van der Waals surface area contributed by atoms with Crippen molar-refractivity contribution in [1.29, 1.82) is 0 Å². The van der Waals surface area contributed by atoms with Gasteiger partial charge >= 0.3 is 0 Å². The minimum absolute atomic E-state index is 0.0771. The number of ether oxygens (including phenoxy) is 2. The van der Waals surface area contributed by atoms with Crippen LogP contribution < -0.4 is 14.8 Å². The molecule has 2 aromatic rings. The average Bonchev–Trinajstić information content (AvgIpc) is 2.58. The molecule has 2 rings (SSSR count). The summed E-state index contributed by atoms with van der Waals surface area (Å²) in [6.45, 7) is 4.98. The molecule has 2 aromatic carbocycles. The second-order valence-electron chi connectivity index (χ2n) is 5.61. The van der Waals surface area contributed by atoms with E-state index in [-0.39, 0.29) is 12.5 Å². The summed E-state index contributed by atoms with van der Waals surface area (Å²) in [5, 5.41) is 3.24. The Morgan fingerprint density at radius 3 is 2.42 bits per heavy atom. The maximum absolute atomic E-state index is 11.8. The van der Waals surface area contributed by atoms with E-state index in [1.165, 1.54) is 0 Å². The maximum Gasteiger partial charge on any atom is 0.258 e. The summed E-state index contributed by atoms with van der Waals surface area (Å²) in [6.07, 6.45) is 0. The largest absolute Gasteiger partial charge is 0.491 e. The predicted octanol–water partition coefficient (Wildman–Crippen LogP) is 4.04. The zero-order valence-electron chi connectivity index (χ0n) is 13.9. The Hall–Kier alpha value is -2.20. The number of rotatable bonds is 8. The van der Waals surface area contributed by atoms with Crippen LogP contribution in [0.1, 0.15) is 25.3 Å². The van der Waals surface area contributed by atoms with Gasteiger partial charge in [0.1, 0.15) is 18.1 Å². The van der Waals surface area contributed by atoms with E-state index in [1.807, 2.05) is 24.3 Å². The third-order valence-corrected chi connectivity index (χ3v) is 3.73. The fourth-order valence-electron chi connectivity index (χ4n) is 2.20. The summed E-state index contributed by atoms with van der Waals surface area (Å²) in [5.41, 5.74) is 1.16. The molecular weight excluding hydrogens is 326 g/mol. The van der Waals surface area contributed by atoms with Gasteiger partial charge in [0.25, 0.3) is 5.91 Å². The van der Waals surface area contributed by atoms with Crippen molar-refractivity contribution in [2.24, 2.45) is 0 Å². The molecule has 24 heavy (non-hydrogen) atoms. The van der Waals surface area contributed by atoms with Crippen LogP contribution >= 0.6 is 11.6 Å². The van der Waals surface area contributed by atoms with Gasteiger partial charge in [-0.25, -0.2) is 0 Å². The van der Waals surface area contributed by atoms with Crippen molar-refractivity contribution in [1.82, 2.24) is 5.32 Å². The Bertz CT molecular complexity index is 673. The van der Waals surface area contributed by atoms with Crippen molar-refractivity contribution in [2.75, 3.05) is 19.8 Å². The summed E-state index contributed by atoms with van der Waals surface area (Å²) in [4.78, 5) is 11.8. The standard InChI is InChI=1S/C19H22ClNO3/c1-14(2)15-7-3-5-9-17(15)23-12-11-21-19(22)13-24-18-10-6-4-8-16(18)20/h3-10,14H,11-13H2,1-2H3,(H,21,22). The molecule has 1 amide bonds. The van der Waals surface area contributed by atoms with Crippen LogP contribution in [0.5, 0.6) is 11.5 Å². The van der Waals surface area contributed by atoms with E-state index >= 15 is 0 Å². The molecule has 0 fully saturated rings. The predicted molar refractivity (Wildman–Crippen MR) is 96.0 cm³/mol. The highest BCUT2D eigenvalue weighted by molar-refractivity contribution is 6.32. The lowest BCUT2D eigenvalue weighted by atomic mass is 10.0. The van der Waals surface area contributed by atoms with Crippen molar-refractivity contribution >= 4 is 17.5 Å². The number of hydrogen-bond donors (Lipinski definition) is 1. The second kappa shape index (κ2) is 9.18. The summed E-state index contributed by atoms with van der Waals surface area (Å²) in [7, 11) is 0. The molecule has 0 aliphatic carbocycles. The summed E-state index contributed by atoms with van der Waals surface area (Å²) >= 11 is 5.97. The normalized spacial score (nSPS) is 10.5. The Labute approximate surface area is 147 Å². The number of benzene rings is 2. The Balaban J connectivity index is 1.71. The van der Waals surface area contributed by atoms with E-state index in [0.29, 0.717) is 29.8 Å². The highest BCUT2D eigenvalue weighted by Crippen LogP contribution is 2.25. The van der Waals surface area contributed by atoms with Gasteiger partial charge in [-0.2, -0.15) is 0 Å². The van der Waals surface area contributed by atoms with E-state index in [1.54, 1.807) is 18.2 Å². The average molecular weight is 348 g/mol. The first kappa shape index (κ1) is 18.1. The van der Waals surface area contributed by atoms with E-state index in [0.717, 1.165) is 11.3 Å². The zero-order valence-corrected chi connectivity index (χ0v) is 14.7. The molecular formula is C19H22ClNO3. The Kier molecular flexibility index (Phi) is 6.94. The van der Waals surface area contributed by atoms with Crippen molar-refractivity contribution in [3.05, 3.63) is 59.1 Å². The molecule has 0 unspecified atom stereocenters. The fraction of sp³-hybridized carbons (Fsp3) is 0.316. The number of halogens is 1. The minimum atomic E-state index is -0.212. The Morgan fingerprint density at radius 1 is 1.04 bits per heavy atom. The van der Waals surface area contributed by atoms with Crippen LogP contribution in [0.2, 0.25) is 5.02 Å². The highest BCUT2D eigenvalue weighted by Gasteiger charge is 2.08. The van der Waals surface area contributed by atoms with Gasteiger partial charge in [0.05, 0.1) is 11.6 Å². The van der Waals surface area contributed by atoms with E-state index < -0.39 is 0 Å². The van der Waals surface area contributed by atoms with E-state index in [2.05, 4.69) is 25.2 Å². The molecule has 0 aliphatic heterocycles. The summed E-state index contributed by atoms with van der Waals surface area (Å²) < 4.78 is 11.1. The van der Waals surface area contributed by atoms with Gasteiger partial charge in [0, 0.05) is 0 Å². The number of hydrogen-bond acceptors (Lipinski definition) is 3. The smallest absolute Gasteiger partial charge is 0.258 e. The first-order valence-corrected chi connectivity index (χ1v) is 8.31. The topological polar surface area (TPSA) is 47.6 Å².